The van der Waals surface area contributed by atoms with E-state index in [1.54, 1.807) is 36.5 Å². The van der Waals surface area contributed by atoms with Crippen LogP contribution in [0, 0.1) is 0 Å². The van der Waals surface area contributed by atoms with Crippen LogP contribution >= 0.6 is 11.3 Å². The van der Waals surface area contributed by atoms with Crippen LogP contribution in [-0.4, -0.2) is 15.5 Å². The molecule has 0 radical (unpaired) electrons. The molecule has 0 unspecified atom stereocenters. The Kier molecular flexibility index (Phi) is 4.12. The Balaban J connectivity index is 1.93. The summed E-state index contributed by atoms with van der Waals surface area (Å²) < 4.78 is 1.39. The van der Waals surface area contributed by atoms with E-state index in [9.17, 15) is 14.4 Å². The molecule has 2 aromatic heterocycles. The summed E-state index contributed by atoms with van der Waals surface area (Å²) >= 11 is 1.57. The van der Waals surface area contributed by atoms with Crippen LogP contribution < -0.4 is 16.4 Å². The summed E-state index contributed by atoms with van der Waals surface area (Å²) in [7, 11) is 0. The average Bonchev–Trinajstić information content (AvgIpc) is 3.07. The minimum Gasteiger partial charge on any atom is -0.347 e. The van der Waals surface area contributed by atoms with Gasteiger partial charge in [0.25, 0.3) is 5.91 Å². The van der Waals surface area contributed by atoms with Crippen LogP contribution in [0.5, 0.6) is 0 Å². The number of hydrogen-bond acceptors (Lipinski definition) is 4. The monoisotopic (exact) mass is 329 g/mol. The second-order valence-corrected chi connectivity index (χ2v) is 6.03. The lowest BCUT2D eigenvalue weighted by Crippen LogP contribution is -2.36. The number of carbonyl (C=O) groups is 1. The second kappa shape index (κ2) is 6.21. The van der Waals surface area contributed by atoms with Crippen molar-refractivity contribution < 1.29 is 4.79 Å². The molecule has 0 spiro atoms. The van der Waals surface area contributed by atoms with Crippen LogP contribution in [0.2, 0.25) is 0 Å². The van der Waals surface area contributed by atoms with Gasteiger partial charge in [-0.25, -0.2) is 0 Å². The maximum absolute atomic E-state index is 12.2. The van der Waals surface area contributed by atoms with E-state index >= 15 is 0 Å². The number of hydrogen-bond donors (Lipinski definition) is 2. The first-order valence-electron chi connectivity index (χ1n) is 7.17. The molecule has 0 aliphatic rings. The molecule has 6 nitrogen and oxygen atoms in total. The number of aromatic nitrogens is 2. The zero-order valence-electron chi connectivity index (χ0n) is 12.5. The second-order valence-electron chi connectivity index (χ2n) is 5.00. The minimum absolute atomic E-state index is 0.226. The molecule has 0 atom stereocenters. The first kappa shape index (κ1) is 15.2. The molecule has 118 valence electrons. The van der Waals surface area contributed by atoms with Crippen molar-refractivity contribution in [2.24, 2.45) is 0 Å². The maximum atomic E-state index is 12.2. The summed E-state index contributed by atoms with van der Waals surface area (Å²) in [6.07, 6.45) is 0. The maximum Gasteiger partial charge on any atom is 0.316 e. The highest BCUT2D eigenvalue weighted by Crippen LogP contribution is 2.12. The van der Waals surface area contributed by atoms with Gasteiger partial charge in [-0.15, -0.1) is 11.3 Å². The van der Waals surface area contributed by atoms with E-state index in [-0.39, 0.29) is 5.91 Å². The summed E-state index contributed by atoms with van der Waals surface area (Å²) in [6.45, 7) is 2.64. The highest BCUT2D eigenvalue weighted by Gasteiger charge is 2.10. The fourth-order valence-corrected chi connectivity index (χ4v) is 3.06. The third kappa shape index (κ3) is 2.95. The van der Waals surface area contributed by atoms with Gasteiger partial charge in [0.2, 0.25) is 0 Å². The van der Waals surface area contributed by atoms with Crippen LogP contribution in [0.1, 0.15) is 22.2 Å². The first-order valence-corrected chi connectivity index (χ1v) is 8.05. The summed E-state index contributed by atoms with van der Waals surface area (Å²) in [5.41, 5.74) is 0.239. The van der Waals surface area contributed by atoms with E-state index in [1.807, 2.05) is 17.5 Å². The van der Waals surface area contributed by atoms with Crippen LogP contribution in [0.3, 0.4) is 0 Å². The summed E-state index contributed by atoms with van der Waals surface area (Å²) in [5, 5.41) is 4.78. The topological polar surface area (TPSA) is 84.0 Å². The van der Waals surface area contributed by atoms with Crippen LogP contribution in [-0.2, 0) is 13.1 Å². The molecule has 1 amide bonds. The molecule has 0 bridgehead atoms. The predicted octanol–water partition coefficient (Wildman–Crippen LogP) is 1.70. The van der Waals surface area contributed by atoms with Gasteiger partial charge in [0.1, 0.15) is 0 Å². The lowest BCUT2D eigenvalue weighted by molar-refractivity contribution is 0.0951. The van der Waals surface area contributed by atoms with Gasteiger partial charge in [0, 0.05) is 17.0 Å². The van der Waals surface area contributed by atoms with Crippen molar-refractivity contribution in [1.29, 1.82) is 0 Å². The van der Waals surface area contributed by atoms with Crippen molar-refractivity contribution in [3.8, 4) is 0 Å². The van der Waals surface area contributed by atoms with Gasteiger partial charge in [0.15, 0.2) is 0 Å². The van der Waals surface area contributed by atoms with Crippen LogP contribution in [0.15, 0.2) is 45.3 Å². The zero-order valence-corrected chi connectivity index (χ0v) is 13.3. The number of carbonyl (C=O) groups excluding carboxylic acids is 1. The van der Waals surface area contributed by atoms with Crippen molar-refractivity contribution >= 4 is 28.3 Å². The van der Waals surface area contributed by atoms with Gasteiger partial charge >= 0.3 is 11.1 Å². The zero-order chi connectivity index (χ0) is 16.4. The number of thiophene rings is 1. The Morgan fingerprint density at radius 3 is 2.83 bits per heavy atom. The summed E-state index contributed by atoms with van der Waals surface area (Å²) in [5.74, 6) is -0.226. The molecule has 0 fully saturated rings. The molecule has 3 aromatic rings. The lowest BCUT2D eigenvalue weighted by Gasteiger charge is -2.09. The number of aryl methyl sites for hydroxylation is 1. The number of H-pyrrole nitrogens is 1. The Morgan fingerprint density at radius 2 is 2.13 bits per heavy atom. The quantitative estimate of drug-likeness (QED) is 0.715. The molecule has 23 heavy (non-hydrogen) atoms. The standard InChI is InChI=1S/C16H15N3O3S/c1-2-19-13-6-5-10(8-12(13)18-15(21)16(19)22)14(20)17-9-11-4-3-7-23-11/h3-8H,2,9H2,1H3,(H,17,20)(H,18,21). The molecule has 0 aliphatic heterocycles. The molecular formula is C16H15N3O3S. The van der Waals surface area contributed by atoms with Gasteiger partial charge in [-0.3, -0.25) is 14.4 Å². The fourth-order valence-electron chi connectivity index (χ4n) is 2.42. The van der Waals surface area contributed by atoms with E-state index in [0.717, 1.165) is 4.88 Å². The van der Waals surface area contributed by atoms with Gasteiger partial charge in [-0.05, 0) is 36.6 Å². The van der Waals surface area contributed by atoms with Gasteiger partial charge in [0.05, 0.1) is 17.6 Å². The minimum atomic E-state index is -0.685. The average molecular weight is 329 g/mol. The van der Waals surface area contributed by atoms with E-state index in [0.29, 0.717) is 29.7 Å². The Labute approximate surface area is 135 Å². The SMILES string of the molecule is CCn1c(=O)c(=O)[nH]c2cc(C(=O)NCc3cccs3)ccc21. The Hall–Kier alpha value is -2.67. The third-order valence-electron chi connectivity index (χ3n) is 3.56. The van der Waals surface area contributed by atoms with Crippen molar-refractivity contribution in [2.75, 3.05) is 0 Å². The number of amides is 1. The van der Waals surface area contributed by atoms with Crippen molar-refractivity contribution in [3.05, 3.63) is 66.9 Å². The highest BCUT2D eigenvalue weighted by molar-refractivity contribution is 7.09. The predicted molar refractivity (Wildman–Crippen MR) is 90.0 cm³/mol. The molecule has 2 heterocycles. The molecular weight excluding hydrogens is 314 g/mol. The van der Waals surface area contributed by atoms with Crippen LogP contribution in [0.4, 0.5) is 0 Å². The Bertz CT molecular complexity index is 970. The van der Waals surface area contributed by atoms with Gasteiger partial charge in [-0.1, -0.05) is 6.07 Å². The van der Waals surface area contributed by atoms with Crippen molar-refractivity contribution in [1.82, 2.24) is 14.9 Å². The van der Waals surface area contributed by atoms with Crippen LogP contribution in [0.25, 0.3) is 11.0 Å². The molecule has 7 heteroatoms. The van der Waals surface area contributed by atoms with E-state index in [4.69, 9.17) is 0 Å². The highest BCUT2D eigenvalue weighted by atomic mass is 32.1. The van der Waals surface area contributed by atoms with Gasteiger partial charge in [-0.2, -0.15) is 0 Å². The number of benzene rings is 1. The molecule has 0 saturated carbocycles. The fraction of sp³-hybridized carbons (Fsp3) is 0.188. The third-order valence-corrected chi connectivity index (χ3v) is 4.43. The smallest absolute Gasteiger partial charge is 0.316 e. The number of nitrogens with zero attached hydrogens (tertiary/aromatic N) is 1. The molecule has 3 rings (SSSR count). The summed E-state index contributed by atoms with van der Waals surface area (Å²) in [4.78, 5) is 39.3. The van der Waals surface area contributed by atoms with E-state index in [2.05, 4.69) is 10.3 Å². The number of rotatable bonds is 4. The van der Waals surface area contributed by atoms with E-state index < -0.39 is 11.1 Å². The van der Waals surface area contributed by atoms with Crippen molar-refractivity contribution in [3.63, 3.8) is 0 Å². The van der Waals surface area contributed by atoms with Crippen molar-refractivity contribution in [2.45, 2.75) is 20.0 Å². The first-order chi connectivity index (χ1) is 11.1. The molecule has 2 N–H and O–H groups in total. The molecule has 0 aliphatic carbocycles. The normalized spacial score (nSPS) is 10.8. The molecule has 0 saturated heterocycles. The Morgan fingerprint density at radius 1 is 1.30 bits per heavy atom. The number of aromatic amines is 1. The molecule has 1 aromatic carbocycles. The van der Waals surface area contributed by atoms with Gasteiger partial charge < -0.3 is 14.9 Å². The largest absolute Gasteiger partial charge is 0.347 e. The summed E-state index contributed by atoms with van der Waals surface area (Å²) in [6, 6.07) is 8.79. The van der Waals surface area contributed by atoms with E-state index in [1.165, 1.54) is 4.57 Å². The lowest BCUT2D eigenvalue weighted by atomic mass is 10.1. The number of fused-ring (bicyclic) bond motifs is 1. The number of nitrogens with one attached hydrogen (secondary N) is 2.